The molecule has 3 rings (SSSR count). The van der Waals surface area contributed by atoms with E-state index in [1.165, 1.54) is 0 Å². The van der Waals surface area contributed by atoms with Crippen molar-refractivity contribution in [3.63, 3.8) is 0 Å². The number of halogens is 2. The van der Waals surface area contributed by atoms with Crippen LogP contribution in [-0.4, -0.2) is 20.2 Å². The molecule has 0 saturated heterocycles. The average molecular weight is 384 g/mol. The van der Waals surface area contributed by atoms with E-state index in [0.29, 0.717) is 11.5 Å². The van der Waals surface area contributed by atoms with Gasteiger partial charge in [-0.2, -0.15) is 15.1 Å². The Labute approximate surface area is 125 Å². The Morgan fingerprint density at radius 3 is 2.63 bits per heavy atom. The van der Waals surface area contributed by atoms with Crippen molar-refractivity contribution in [3.05, 3.63) is 33.3 Å². The molecular formula is C11H8Br2N6. The highest BCUT2D eigenvalue weighted by Gasteiger charge is 2.11. The Balaban J connectivity index is 2.13. The molecule has 0 bridgehead atoms. The fourth-order valence-electron chi connectivity index (χ4n) is 1.68. The summed E-state index contributed by atoms with van der Waals surface area (Å²) in [7, 11) is 0. The van der Waals surface area contributed by atoms with Gasteiger partial charge in [0.2, 0.25) is 5.95 Å². The first-order valence-corrected chi connectivity index (χ1v) is 6.91. The third-order valence-corrected chi connectivity index (χ3v) is 3.85. The van der Waals surface area contributed by atoms with Crippen molar-refractivity contribution < 1.29 is 0 Å². The summed E-state index contributed by atoms with van der Waals surface area (Å²) in [6.07, 6.45) is 1.65. The highest BCUT2D eigenvalue weighted by atomic mass is 79.9. The molecule has 0 aliphatic heterocycles. The highest BCUT2D eigenvalue weighted by molar-refractivity contribution is 9.11. The van der Waals surface area contributed by atoms with Crippen LogP contribution < -0.4 is 11.1 Å². The van der Waals surface area contributed by atoms with Crippen LogP contribution in [0.25, 0.3) is 11.0 Å². The van der Waals surface area contributed by atoms with Gasteiger partial charge in [0.15, 0.2) is 5.65 Å². The van der Waals surface area contributed by atoms with Crippen LogP contribution in [0.3, 0.4) is 0 Å². The SMILES string of the molecule is Nc1nc(Nc2c(Br)cccc2Br)c2cn[nH]c2n1. The Hall–Kier alpha value is -1.67. The molecular weight excluding hydrogens is 376 g/mol. The maximum Gasteiger partial charge on any atom is 0.224 e. The Bertz CT molecular complexity index is 734. The molecule has 0 aliphatic carbocycles. The van der Waals surface area contributed by atoms with Crippen LogP contribution in [0, 0.1) is 0 Å². The third-order valence-electron chi connectivity index (χ3n) is 2.53. The molecule has 1 aromatic carbocycles. The van der Waals surface area contributed by atoms with E-state index in [1.54, 1.807) is 6.20 Å². The molecule has 6 nitrogen and oxygen atoms in total. The van der Waals surface area contributed by atoms with Gasteiger partial charge in [-0.25, -0.2) is 0 Å². The highest BCUT2D eigenvalue weighted by Crippen LogP contribution is 2.34. The van der Waals surface area contributed by atoms with Gasteiger partial charge in [-0.3, -0.25) is 5.10 Å². The van der Waals surface area contributed by atoms with Crippen molar-refractivity contribution in [1.29, 1.82) is 0 Å². The van der Waals surface area contributed by atoms with Crippen LogP contribution in [0.2, 0.25) is 0 Å². The van der Waals surface area contributed by atoms with Crippen LogP contribution in [0.15, 0.2) is 33.3 Å². The number of nitrogens with two attached hydrogens (primary N) is 1. The molecule has 0 unspecified atom stereocenters. The smallest absolute Gasteiger partial charge is 0.224 e. The Morgan fingerprint density at radius 2 is 1.89 bits per heavy atom. The summed E-state index contributed by atoms with van der Waals surface area (Å²) in [5, 5.41) is 10.7. The van der Waals surface area contributed by atoms with Crippen molar-refractivity contribution >= 4 is 60.3 Å². The second kappa shape index (κ2) is 4.78. The fraction of sp³-hybridized carbons (Fsp3) is 0. The molecule has 2 aromatic heterocycles. The van der Waals surface area contributed by atoms with Gasteiger partial charge in [0.05, 0.1) is 17.3 Å². The lowest BCUT2D eigenvalue weighted by Crippen LogP contribution is -2.01. The molecule has 0 amide bonds. The number of benzene rings is 1. The average Bonchev–Trinajstić information content (AvgIpc) is 2.81. The van der Waals surface area contributed by atoms with E-state index in [4.69, 9.17) is 5.73 Å². The van der Waals surface area contributed by atoms with E-state index < -0.39 is 0 Å². The maximum absolute atomic E-state index is 5.68. The largest absolute Gasteiger partial charge is 0.368 e. The predicted molar refractivity (Wildman–Crippen MR) is 81.2 cm³/mol. The van der Waals surface area contributed by atoms with Crippen molar-refractivity contribution in [2.75, 3.05) is 11.1 Å². The summed E-state index contributed by atoms with van der Waals surface area (Å²) in [4.78, 5) is 8.27. The molecule has 0 saturated carbocycles. The van der Waals surface area contributed by atoms with Gasteiger partial charge in [-0.1, -0.05) is 6.07 Å². The van der Waals surface area contributed by atoms with Gasteiger partial charge in [-0.05, 0) is 44.0 Å². The third kappa shape index (κ3) is 2.28. The number of anilines is 3. The summed E-state index contributed by atoms with van der Waals surface area (Å²) in [6.45, 7) is 0. The molecule has 0 spiro atoms. The molecule has 0 fully saturated rings. The first-order chi connectivity index (χ1) is 9.15. The van der Waals surface area contributed by atoms with E-state index in [9.17, 15) is 0 Å². The number of nitrogens with one attached hydrogen (secondary N) is 2. The minimum absolute atomic E-state index is 0.183. The topological polar surface area (TPSA) is 92.5 Å². The summed E-state index contributed by atoms with van der Waals surface area (Å²) in [5.74, 6) is 0.784. The van der Waals surface area contributed by atoms with Gasteiger partial charge in [0, 0.05) is 8.95 Å². The lowest BCUT2D eigenvalue weighted by Gasteiger charge is -2.10. The van der Waals surface area contributed by atoms with Gasteiger partial charge in [-0.15, -0.1) is 0 Å². The molecule has 8 heteroatoms. The van der Waals surface area contributed by atoms with Gasteiger partial charge >= 0.3 is 0 Å². The van der Waals surface area contributed by atoms with Gasteiger partial charge < -0.3 is 11.1 Å². The molecule has 96 valence electrons. The maximum atomic E-state index is 5.68. The number of rotatable bonds is 2. The summed E-state index contributed by atoms with van der Waals surface area (Å²) in [6, 6.07) is 5.80. The standard InChI is InChI=1S/C11H8Br2N6/c12-6-2-1-3-7(13)8(6)16-9-5-4-15-19-10(5)18-11(14)17-9/h1-4H,(H4,14,15,16,17,18,19). The molecule has 2 heterocycles. The van der Waals surface area contributed by atoms with Crippen LogP contribution >= 0.6 is 31.9 Å². The second-order valence-electron chi connectivity index (χ2n) is 3.78. The van der Waals surface area contributed by atoms with Crippen LogP contribution in [0.1, 0.15) is 0 Å². The van der Waals surface area contributed by atoms with E-state index in [1.807, 2.05) is 18.2 Å². The van der Waals surface area contributed by atoms with Crippen molar-refractivity contribution in [1.82, 2.24) is 20.2 Å². The molecule has 0 radical (unpaired) electrons. The molecule has 0 atom stereocenters. The van der Waals surface area contributed by atoms with E-state index >= 15 is 0 Å². The number of nitrogens with zero attached hydrogens (tertiary/aromatic N) is 3. The van der Waals surface area contributed by atoms with Crippen molar-refractivity contribution in [2.45, 2.75) is 0 Å². The first-order valence-electron chi connectivity index (χ1n) is 5.33. The zero-order valence-corrected chi connectivity index (χ0v) is 12.7. The van der Waals surface area contributed by atoms with Crippen LogP contribution in [0.5, 0.6) is 0 Å². The zero-order valence-electron chi connectivity index (χ0n) is 9.48. The number of hydrogen-bond donors (Lipinski definition) is 3. The van der Waals surface area contributed by atoms with E-state index in [2.05, 4.69) is 57.3 Å². The fourth-order valence-corrected chi connectivity index (χ4v) is 2.88. The van der Waals surface area contributed by atoms with Gasteiger partial charge in [0.1, 0.15) is 5.82 Å². The minimum Gasteiger partial charge on any atom is -0.368 e. The second-order valence-corrected chi connectivity index (χ2v) is 5.49. The Morgan fingerprint density at radius 1 is 1.16 bits per heavy atom. The normalized spacial score (nSPS) is 10.8. The summed E-state index contributed by atoms with van der Waals surface area (Å²) in [5.41, 5.74) is 7.14. The summed E-state index contributed by atoms with van der Waals surface area (Å²) < 4.78 is 1.83. The number of fused-ring (bicyclic) bond motifs is 1. The lowest BCUT2D eigenvalue weighted by molar-refractivity contribution is 1.09. The number of aromatic amines is 1. The Kier molecular flexibility index (Phi) is 3.11. The van der Waals surface area contributed by atoms with E-state index in [-0.39, 0.29) is 5.95 Å². The number of aromatic nitrogens is 4. The molecule has 4 N–H and O–H groups in total. The quantitative estimate of drug-likeness (QED) is 0.631. The molecule has 0 aliphatic rings. The van der Waals surface area contributed by atoms with Crippen molar-refractivity contribution in [2.24, 2.45) is 0 Å². The first kappa shape index (κ1) is 12.4. The number of nitrogen functional groups attached to an aromatic ring is 1. The van der Waals surface area contributed by atoms with Crippen molar-refractivity contribution in [3.8, 4) is 0 Å². The summed E-state index contributed by atoms with van der Waals surface area (Å²) >= 11 is 6.97. The van der Waals surface area contributed by atoms with Crippen LogP contribution in [-0.2, 0) is 0 Å². The zero-order chi connectivity index (χ0) is 13.4. The number of para-hydroxylation sites is 1. The monoisotopic (exact) mass is 382 g/mol. The molecule has 19 heavy (non-hydrogen) atoms. The number of hydrogen-bond acceptors (Lipinski definition) is 5. The minimum atomic E-state index is 0.183. The lowest BCUT2D eigenvalue weighted by atomic mass is 10.3. The van der Waals surface area contributed by atoms with Gasteiger partial charge in [0.25, 0.3) is 0 Å². The van der Waals surface area contributed by atoms with Crippen LogP contribution in [0.4, 0.5) is 17.5 Å². The molecule has 3 aromatic rings. The predicted octanol–water partition coefficient (Wildman–Crippen LogP) is 3.20. The number of H-pyrrole nitrogens is 1. The van der Waals surface area contributed by atoms with E-state index in [0.717, 1.165) is 20.0 Å².